The molecule has 55 heavy (non-hydrogen) atoms. The van der Waals surface area contributed by atoms with E-state index < -0.39 is 6.29 Å². The number of carbonyl (C=O) groups is 1. The van der Waals surface area contributed by atoms with Gasteiger partial charge in [0, 0.05) is 38.2 Å². The number of carbonyl (C=O) groups excluding carboxylic acids is 1. The summed E-state index contributed by atoms with van der Waals surface area (Å²) in [6, 6.07) is 36.1. The van der Waals surface area contributed by atoms with Gasteiger partial charge in [-0.3, -0.25) is 14.7 Å². The van der Waals surface area contributed by atoms with E-state index in [1.807, 2.05) is 60.7 Å². The fourth-order valence-corrected chi connectivity index (χ4v) is 7.45. The van der Waals surface area contributed by atoms with Crippen LogP contribution in [0.5, 0.6) is 11.5 Å². The molecule has 0 aliphatic carbocycles. The van der Waals surface area contributed by atoms with Gasteiger partial charge in [-0.15, -0.1) is 0 Å². The average molecular weight is 737 g/mol. The van der Waals surface area contributed by atoms with E-state index in [-0.39, 0.29) is 30.4 Å². The number of ether oxygens (including phenoxy) is 4. The van der Waals surface area contributed by atoms with Crippen LogP contribution in [0.2, 0.25) is 0 Å². The van der Waals surface area contributed by atoms with E-state index >= 15 is 0 Å². The monoisotopic (exact) mass is 736 g/mol. The molecule has 10 nitrogen and oxygen atoms in total. The van der Waals surface area contributed by atoms with Crippen LogP contribution >= 0.6 is 0 Å². The molecule has 8 rings (SSSR count). The van der Waals surface area contributed by atoms with Gasteiger partial charge in [0.2, 0.25) is 0 Å². The lowest BCUT2D eigenvalue weighted by Gasteiger charge is -2.39. The van der Waals surface area contributed by atoms with Crippen molar-refractivity contribution in [3.8, 4) is 22.6 Å². The molecule has 3 unspecified atom stereocenters. The Bertz CT molecular complexity index is 2280. The van der Waals surface area contributed by atoms with Gasteiger partial charge < -0.3 is 29.4 Å². The first kappa shape index (κ1) is 36.3. The Kier molecular flexibility index (Phi) is 10.8. The summed E-state index contributed by atoms with van der Waals surface area (Å²) in [5, 5.41) is 12.6. The van der Waals surface area contributed by atoms with Gasteiger partial charge in [-0.05, 0) is 75.7 Å². The predicted molar refractivity (Wildman–Crippen MR) is 210 cm³/mol. The Morgan fingerprint density at radius 3 is 2.33 bits per heavy atom. The summed E-state index contributed by atoms with van der Waals surface area (Å²) in [5.41, 5.74) is 10.2. The van der Waals surface area contributed by atoms with E-state index in [9.17, 15) is 9.90 Å². The Morgan fingerprint density at radius 2 is 1.56 bits per heavy atom. The first-order valence-corrected chi connectivity index (χ1v) is 18.6. The highest BCUT2D eigenvalue weighted by atomic mass is 16.7. The van der Waals surface area contributed by atoms with Gasteiger partial charge in [0.25, 0.3) is 5.91 Å². The van der Waals surface area contributed by atoms with E-state index in [1.165, 1.54) is 17.3 Å². The molecule has 1 saturated heterocycles. The van der Waals surface area contributed by atoms with Gasteiger partial charge in [-0.2, -0.15) is 0 Å². The molecule has 0 bridgehead atoms. The van der Waals surface area contributed by atoms with Crippen LogP contribution in [0.15, 0.2) is 115 Å². The Balaban J connectivity index is 0.962. The summed E-state index contributed by atoms with van der Waals surface area (Å²) < 4.78 is 24.5. The summed E-state index contributed by atoms with van der Waals surface area (Å²) in [4.78, 5) is 24.2. The molecule has 6 aromatic rings. The number of aliphatic hydroxyl groups is 1. The van der Waals surface area contributed by atoms with Gasteiger partial charge in [-0.1, -0.05) is 78.9 Å². The van der Waals surface area contributed by atoms with E-state index in [4.69, 9.17) is 18.9 Å². The smallest absolute Gasteiger partial charge is 0.271 e. The zero-order valence-electron chi connectivity index (χ0n) is 31.0. The number of hydrogen-bond donors (Lipinski definition) is 2. The zero-order valence-corrected chi connectivity index (χ0v) is 31.0. The molecule has 5 aromatic carbocycles. The third-order valence-corrected chi connectivity index (χ3v) is 10.5. The third kappa shape index (κ3) is 8.23. The van der Waals surface area contributed by atoms with Crippen LogP contribution in [-0.2, 0) is 35.6 Å². The minimum Gasteiger partial charge on any atom is -0.493 e. The number of methoxy groups -OCH3 is 2. The number of nitrogens with one attached hydrogen (secondary N) is 1. The van der Waals surface area contributed by atoms with Crippen LogP contribution in [0.3, 0.4) is 0 Å². The Labute approximate surface area is 320 Å². The lowest BCUT2D eigenvalue weighted by molar-refractivity contribution is -0.253. The summed E-state index contributed by atoms with van der Waals surface area (Å²) in [5.74, 6) is 1.23. The van der Waals surface area contributed by atoms with Gasteiger partial charge in [0.15, 0.2) is 17.8 Å². The van der Waals surface area contributed by atoms with Crippen molar-refractivity contribution < 1.29 is 28.8 Å². The van der Waals surface area contributed by atoms with Gasteiger partial charge >= 0.3 is 0 Å². The molecule has 1 aromatic heterocycles. The van der Waals surface area contributed by atoms with E-state index in [0.717, 1.165) is 76.5 Å². The highest BCUT2D eigenvalue weighted by molar-refractivity contribution is 5.93. The molecule has 2 N–H and O–H groups in total. The maximum atomic E-state index is 12.9. The normalized spacial score (nSPS) is 18.4. The minimum atomic E-state index is -0.559. The van der Waals surface area contributed by atoms with Crippen molar-refractivity contribution in [2.75, 3.05) is 27.3 Å². The lowest BCUT2D eigenvalue weighted by atomic mass is 9.96. The lowest BCUT2D eigenvalue weighted by Crippen LogP contribution is -2.41. The maximum Gasteiger partial charge on any atom is 0.271 e. The molecule has 3 atom stereocenters. The van der Waals surface area contributed by atoms with Crippen LogP contribution in [-0.4, -0.2) is 59.3 Å². The van der Waals surface area contributed by atoms with Crippen molar-refractivity contribution in [2.45, 2.75) is 51.0 Å². The Morgan fingerprint density at radius 1 is 0.818 bits per heavy atom. The standard InChI is InChI=1S/C45H44N4O6/c1-52-42-21-35-18-19-49(26-36(35)22-43(42)53-2)27-37-23-41(32-12-10-29(28-50)11-13-32)55-45(54-37)33-16-14-31(15-17-33)34-7-5-6-30(20-34)24-47-44(51)40-25-46-38-8-3-4-9-39(38)48-40/h3-17,20-22,25,37,41,45,50H,18-19,23-24,26-28H2,1-2H3,(H,47,51). The van der Waals surface area contributed by atoms with Crippen molar-refractivity contribution in [3.05, 3.63) is 154 Å². The number of aliphatic hydroxyl groups excluding tert-OH is 1. The molecule has 10 heteroatoms. The van der Waals surface area contributed by atoms with E-state index in [1.54, 1.807) is 14.2 Å². The summed E-state index contributed by atoms with van der Waals surface area (Å²) in [7, 11) is 3.34. The van der Waals surface area contributed by atoms with Crippen LogP contribution in [0, 0.1) is 0 Å². The molecular weight excluding hydrogens is 693 g/mol. The van der Waals surface area contributed by atoms with Crippen molar-refractivity contribution in [3.63, 3.8) is 0 Å². The summed E-state index contributed by atoms with van der Waals surface area (Å²) >= 11 is 0. The molecule has 1 amide bonds. The third-order valence-electron chi connectivity index (χ3n) is 10.5. The van der Waals surface area contributed by atoms with E-state index in [0.29, 0.717) is 18.5 Å². The first-order chi connectivity index (χ1) is 27.0. The first-order valence-electron chi connectivity index (χ1n) is 18.6. The number of benzene rings is 5. The fourth-order valence-electron chi connectivity index (χ4n) is 7.45. The van der Waals surface area contributed by atoms with Crippen LogP contribution < -0.4 is 14.8 Å². The SMILES string of the molecule is COc1cc2c(cc1OC)CN(CC1CC(c3ccc(CO)cc3)OC(c3ccc(-c4cccc(CNC(=O)c5cnc6ccccc6n5)c4)cc3)O1)CC2. The molecular formula is C45H44N4O6. The average Bonchev–Trinajstić information content (AvgIpc) is 3.25. The van der Waals surface area contributed by atoms with Crippen LogP contribution in [0.25, 0.3) is 22.2 Å². The van der Waals surface area contributed by atoms with Crippen LogP contribution in [0.1, 0.15) is 62.7 Å². The number of fused-ring (bicyclic) bond motifs is 2. The maximum absolute atomic E-state index is 12.9. The van der Waals surface area contributed by atoms with Crippen molar-refractivity contribution in [2.24, 2.45) is 0 Å². The highest BCUT2D eigenvalue weighted by Gasteiger charge is 2.34. The molecule has 2 aliphatic rings. The van der Waals surface area contributed by atoms with Crippen molar-refractivity contribution in [1.82, 2.24) is 20.2 Å². The second-order valence-corrected chi connectivity index (χ2v) is 14.1. The summed E-state index contributed by atoms with van der Waals surface area (Å²) in [6.07, 6.45) is 2.33. The van der Waals surface area contributed by atoms with Gasteiger partial charge in [0.1, 0.15) is 5.69 Å². The molecule has 1 fully saturated rings. The second-order valence-electron chi connectivity index (χ2n) is 14.1. The Hall–Kier alpha value is -5.65. The van der Waals surface area contributed by atoms with E-state index in [2.05, 4.69) is 68.7 Å². The van der Waals surface area contributed by atoms with Crippen molar-refractivity contribution in [1.29, 1.82) is 0 Å². The van der Waals surface area contributed by atoms with Gasteiger partial charge in [-0.25, -0.2) is 4.98 Å². The fraction of sp³-hybridized carbons (Fsp3) is 0.267. The van der Waals surface area contributed by atoms with Gasteiger partial charge in [0.05, 0.1) is 50.3 Å². The zero-order chi connectivity index (χ0) is 37.7. The second kappa shape index (κ2) is 16.4. The van der Waals surface area contributed by atoms with Crippen LogP contribution in [0.4, 0.5) is 0 Å². The molecule has 0 saturated carbocycles. The quantitative estimate of drug-likeness (QED) is 0.141. The number of para-hydroxylation sites is 2. The number of nitrogens with zero attached hydrogens (tertiary/aromatic N) is 3. The highest BCUT2D eigenvalue weighted by Crippen LogP contribution is 2.40. The molecule has 2 aliphatic heterocycles. The largest absolute Gasteiger partial charge is 0.493 e. The molecule has 0 spiro atoms. The molecule has 3 heterocycles. The predicted octanol–water partition coefficient (Wildman–Crippen LogP) is 7.34. The number of aromatic nitrogens is 2. The topological polar surface area (TPSA) is 115 Å². The number of amides is 1. The summed E-state index contributed by atoms with van der Waals surface area (Å²) in [6.45, 7) is 2.82. The molecule has 0 radical (unpaired) electrons. The number of rotatable bonds is 11. The minimum absolute atomic E-state index is 0.00231. The number of hydrogen-bond acceptors (Lipinski definition) is 9. The molecule has 280 valence electrons. The van der Waals surface area contributed by atoms with Crippen molar-refractivity contribution >= 4 is 16.9 Å².